The molecule has 1 amide bonds. The van der Waals surface area contributed by atoms with E-state index in [-0.39, 0.29) is 18.4 Å². The van der Waals surface area contributed by atoms with Crippen LogP contribution in [0.5, 0.6) is 5.75 Å². The van der Waals surface area contributed by atoms with Crippen LogP contribution in [0.15, 0.2) is 24.3 Å². The van der Waals surface area contributed by atoms with Crippen molar-refractivity contribution in [1.82, 2.24) is 4.90 Å². The van der Waals surface area contributed by atoms with Gasteiger partial charge in [-0.2, -0.15) is 0 Å². The molecule has 1 aliphatic rings. The smallest absolute Gasteiger partial charge is 0.260 e. The fourth-order valence-corrected chi connectivity index (χ4v) is 2.03. The largest absolute Gasteiger partial charge is 0.484 e. The second-order valence-electron chi connectivity index (χ2n) is 5.61. The van der Waals surface area contributed by atoms with E-state index < -0.39 is 5.60 Å². The summed E-state index contributed by atoms with van der Waals surface area (Å²) in [5.74, 6) is 0.777. The van der Waals surface area contributed by atoms with Crippen LogP contribution in [0.2, 0.25) is 0 Å². The summed E-state index contributed by atoms with van der Waals surface area (Å²) in [5.41, 5.74) is 0.433. The van der Waals surface area contributed by atoms with Crippen LogP contribution >= 0.6 is 0 Å². The molecule has 0 spiro atoms. The first-order valence-corrected chi connectivity index (χ1v) is 6.60. The Bertz CT molecular complexity index is 447. The molecule has 0 aromatic heterocycles. The second-order valence-corrected chi connectivity index (χ2v) is 5.61. The fourth-order valence-electron chi connectivity index (χ4n) is 2.03. The van der Waals surface area contributed by atoms with Crippen LogP contribution in [-0.4, -0.2) is 41.2 Å². The maximum Gasteiger partial charge on any atom is 0.260 e. The van der Waals surface area contributed by atoms with Gasteiger partial charge in [-0.05, 0) is 25.0 Å². The van der Waals surface area contributed by atoms with Crippen molar-refractivity contribution >= 4 is 5.91 Å². The topological polar surface area (TPSA) is 49.8 Å². The predicted molar refractivity (Wildman–Crippen MR) is 73.0 cm³/mol. The molecule has 1 fully saturated rings. The molecule has 1 saturated heterocycles. The number of aryl methyl sites for hydroxylation is 1. The Labute approximate surface area is 114 Å². The molecule has 1 aliphatic heterocycles. The van der Waals surface area contributed by atoms with Gasteiger partial charge >= 0.3 is 0 Å². The van der Waals surface area contributed by atoms with Crippen LogP contribution in [0.1, 0.15) is 19.4 Å². The lowest BCUT2D eigenvalue weighted by atomic mass is 9.83. The average molecular weight is 263 g/mol. The van der Waals surface area contributed by atoms with E-state index in [1.54, 1.807) is 4.90 Å². The first-order chi connectivity index (χ1) is 8.90. The molecule has 19 heavy (non-hydrogen) atoms. The number of nitrogens with zero attached hydrogens (tertiary/aromatic N) is 1. The van der Waals surface area contributed by atoms with Gasteiger partial charge in [-0.3, -0.25) is 4.79 Å². The van der Waals surface area contributed by atoms with Crippen molar-refractivity contribution < 1.29 is 14.6 Å². The molecule has 4 nitrogen and oxygen atoms in total. The van der Waals surface area contributed by atoms with E-state index in [9.17, 15) is 9.90 Å². The van der Waals surface area contributed by atoms with E-state index in [2.05, 4.69) is 0 Å². The highest BCUT2D eigenvalue weighted by atomic mass is 16.5. The summed E-state index contributed by atoms with van der Waals surface area (Å²) in [6, 6.07) is 7.59. The Morgan fingerprint density at radius 1 is 1.37 bits per heavy atom. The number of hydrogen-bond acceptors (Lipinski definition) is 3. The Hall–Kier alpha value is -1.55. The summed E-state index contributed by atoms with van der Waals surface area (Å²) in [4.78, 5) is 13.5. The van der Waals surface area contributed by atoms with Gasteiger partial charge in [-0.25, -0.2) is 0 Å². The molecule has 1 heterocycles. The number of carbonyl (C=O) groups is 1. The average Bonchev–Trinajstić information content (AvgIpc) is 2.33. The number of carbonyl (C=O) groups excluding carboxylic acids is 1. The first-order valence-electron chi connectivity index (χ1n) is 6.60. The number of benzene rings is 1. The summed E-state index contributed by atoms with van der Waals surface area (Å²) in [6.07, 6.45) is 0. The van der Waals surface area contributed by atoms with Crippen LogP contribution < -0.4 is 4.74 Å². The summed E-state index contributed by atoms with van der Waals surface area (Å²) in [6.45, 7) is 6.76. The zero-order valence-corrected chi connectivity index (χ0v) is 11.7. The molecule has 1 aromatic carbocycles. The van der Waals surface area contributed by atoms with Gasteiger partial charge in [0.05, 0.1) is 13.1 Å². The van der Waals surface area contributed by atoms with Gasteiger partial charge in [0, 0.05) is 0 Å². The molecule has 1 N–H and O–H groups in total. The minimum absolute atomic E-state index is 0.0250. The number of likely N-dealkylation sites (tertiary alicyclic amines) is 1. The predicted octanol–water partition coefficient (Wildman–Crippen LogP) is 1.60. The third-order valence-corrected chi connectivity index (χ3v) is 3.74. The number of hydrogen-bond donors (Lipinski definition) is 1. The van der Waals surface area contributed by atoms with Crippen LogP contribution in [0.4, 0.5) is 0 Å². The standard InChI is InChI=1S/C15H21NO3/c1-11(2)15(18)9-16(10-15)14(17)8-19-13-6-4-12(3)5-7-13/h4-7,11,18H,8-10H2,1-3H3. The molecule has 0 radical (unpaired) electrons. The van der Waals surface area contributed by atoms with Crippen LogP contribution in [0.3, 0.4) is 0 Å². The monoisotopic (exact) mass is 263 g/mol. The van der Waals surface area contributed by atoms with Gasteiger partial charge in [0.2, 0.25) is 0 Å². The Balaban J connectivity index is 1.79. The normalized spacial score (nSPS) is 17.2. The van der Waals surface area contributed by atoms with Crippen molar-refractivity contribution in [3.8, 4) is 5.75 Å². The van der Waals surface area contributed by atoms with Crippen LogP contribution in [0.25, 0.3) is 0 Å². The van der Waals surface area contributed by atoms with Gasteiger partial charge in [0.25, 0.3) is 5.91 Å². The van der Waals surface area contributed by atoms with Crippen molar-refractivity contribution in [1.29, 1.82) is 0 Å². The van der Waals surface area contributed by atoms with Crippen molar-refractivity contribution in [2.24, 2.45) is 5.92 Å². The van der Waals surface area contributed by atoms with Crippen molar-refractivity contribution in [2.45, 2.75) is 26.4 Å². The number of β-amino-alcohol motifs (C(OH)–C–C–N with tert-alkyl or cyclic N) is 1. The lowest BCUT2D eigenvalue weighted by Crippen LogP contribution is -2.66. The van der Waals surface area contributed by atoms with E-state index in [0.29, 0.717) is 18.8 Å². The summed E-state index contributed by atoms with van der Waals surface area (Å²) >= 11 is 0. The molecule has 4 heteroatoms. The van der Waals surface area contributed by atoms with Crippen molar-refractivity contribution in [2.75, 3.05) is 19.7 Å². The van der Waals surface area contributed by atoms with E-state index >= 15 is 0 Å². The third kappa shape index (κ3) is 3.07. The molecular weight excluding hydrogens is 242 g/mol. The van der Waals surface area contributed by atoms with Crippen molar-refractivity contribution in [3.05, 3.63) is 29.8 Å². The summed E-state index contributed by atoms with van der Waals surface area (Å²) in [7, 11) is 0. The molecule has 0 atom stereocenters. The zero-order chi connectivity index (χ0) is 14.0. The fraction of sp³-hybridized carbons (Fsp3) is 0.533. The lowest BCUT2D eigenvalue weighted by molar-refractivity contribution is -0.165. The van der Waals surface area contributed by atoms with E-state index in [1.165, 1.54) is 0 Å². The molecule has 104 valence electrons. The van der Waals surface area contributed by atoms with Gasteiger partial charge in [0.1, 0.15) is 11.4 Å². The van der Waals surface area contributed by atoms with E-state index in [4.69, 9.17) is 4.74 Å². The minimum Gasteiger partial charge on any atom is -0.484 e. The Kier molecular flexibility index (Phi) is 3.80. The third-order valence-electron chi connectivity index (χ3n) is 3.74. The van der Waals surface area contributed by atoms with Gasteiger partial charge in [-0.1, -0.05) is 31.5 Å². The highest BCUT2D eigenvalue weighted by molar-refractivity contribution is 5.79. The number of amides is 1. The molecule has 0 unspecified atom stereocenters. The Morgan fingerprint density at radius 2 is 1.95 bits per heavy atom. The molecule has 0 aliphatic carbocycles. The van der Waals surface area contributed by atoms with Crippen molar-refractivity contribution in [3.63, 3.8) is 0 Å². The summed E-state index contributed by atoms with van der Waals surface area (Å²) in [5, 5.41) is 10.1. The highest BCUT2D eigenvalue weighted by Crippen LogP contribution is 2.28. The first kappa shape index (κ1) is 13.9. The second kappa shape index (κ2) is 5.21. The van der Waals surface area contributed by atoms with Gasteiger partial charge in [-0.15, -0.1) is 0 Å². The summed E-state index contributed by atoms with van der Waals surface area (Å²) < 4.78 is 5.44. The molecule has 0 saturated carbocycles. The number of rotatable bonds is 4. The van der Waals surface area contributed by atoms with E-state index in [1.807, 2.05) is 45.0 Å². The molecule has 2 rings (SSSR count). The maximum atomic E-state index is 11.9. The maximum absolute atomic E-state index is 11.9. The minimum atomic E-state index is -0.723. The number of aliphatic hydroxyl groups is 1. The zero-order valence-electron chi connectivity index (χ0n) is 11.7. The SMILES string of the molecule is Cc1ccc(OCC(=O)N2CC(O)(C(C)C)C2)cc1. The van der Waals surface area contributed by atoms with Gasteiger partial charge < -0.3 is 14.7 Å². The number of ether oxygens (including phenoxy) is 1. The highest BCUT2D eigenvalue weighted by Gasteiger charge is 2.45. The molecule has 1 aromatic rings. The molecule has 0 bridgehead atoms. The van der Waals surface area contributed by atoms with Crippen LogP contribution in [0, 0.1) is 12.8 Å². The van der Waals surface area contributed by atoms with E-state index in [0.717, 1.165) is 5.56 Å². The quantitative estimate of drug-likeness (QED) is 0.897. The lowest BCUT2D eigenvalue weighted by Gasteiger charge is -2.48. The molecular formula is C15H21NO3. The Morgan fingerprint density at radius 3 is 2.47 bits per heavy atom. The van der Waals surface area contributed by atoms with Gasteiger partial charge in [0.15, 0.2) is 6.61 Å². The van der Waals surface area contributed by atoms with Crippen LogP contribution in [-0.2, 0) is 4.79 Å².